The topological polar surface area (TPSA) is 228 Å². The summed E-state index contributed by atoms with van der Waals surface area (Å²) in [6.45, 7) is 0. The molecule has 0 aliphatic carbocycles. The number of carboxylic acid groups (broad SMARTS) is 2. The van der Waals surface area contributed by atoms with Gasteiger partial charge in [0.05, 0.1) is 0 Å². The van der Waals surface area contributed by atoms with Crippen LogP contribution in [0.25, 0.3) is 5.78 Å². The number of aromatic carboxylic acids is 1. The Labute approximate surface area is 230 Å². The van der Waals surface area contributed by atoms with E-state index in [0.717, 1.165) is 34.2 Å². The molecule has 1 saturated heterocycles. The first-order valence-electron chi connectivity index (χ1n) is 10.8. The zero-order valence-electron chi connectivity index (χ0n) is 19.7. The molecular formula is C20H17N9O7S3. The molecule has 39 heavy (non-hydrogen) atoms. The standard InChI is InChI=1S/C20H17N9O7S3/c1-36-27-10(9-5-39-19(21)25-9)13(30)26-11-14(31)28-12(18(34)35)7(4-38-16(11)28)3-37-15-8(17(32)33)2-22-20-23-6-24-29(15)20/h2,5-6,11,16H,3-4H2,1H3,(H2,21,25)(H,26,30)(H,32,33)(H,34,35)/t11-,16-/m1/s1. The number of amides is 2. The number of thiazole rings is 1. The van der Waals surface area contributed by atoms with Crippen molar-refractivity contribution < 1.29 is 34.2 Å². The van der Waals surface area contributed by atoms with Crippen molar-refractivity contribution in [3.63, 3.8) is 0 Å². The van der Waals surface area contributed by atoms with Crippen LogP contribution in [0, 0.1) is 0 Å². The third-order valence-corrected chi connectivity index (χ3v) is 8.75. The molecule has 0 radical (unpaired) electrons. The predicted octanol–water partition coefficient (Wildman–Crippen LogP) is -0.257. The van der Waals surface area contributed by atoms with Crippen molar-refractivity contribution in [2.45, 2.75) is 16.4 Å². The van der Waals surface area contributed by atoms with Gasteiger partial charge in [-0.15, -0.1) is 34.9 Å². The molecule has 2 aliphatic rings. The van der Waals surface area contributed by atoms with Gasteiger partial charge in [-0.05, 0) is 5.57 Å². The highest BCUT2D eigenvalue weighted by molar-refractivity contribution is 8.01. The summed E-state index contributed by atoms with van der Waals surface area (Å²) in [7, 11) is 1.25. The van der Waals surface area contributed by atoms with E-state index in [-0.39, 0.29) is 50.1 Å². The highest BCUT2D eigenvalue weighted by atomic mass is 32.2. The van der Waals surface area contributed by atoms with Crippen LogP contribution in [-0.4, -0.2) is 99.2 Å². The van der Waals surface area contributed by atoms with Gasteiger partial charge in [0.2, 0.25) is 0 Å². The molecule has 0 unspecified atom stereocenters. The van der Waals surface area contributed by atoms with Gasteiger partial charge in [0.1, 0.15) is 46.8 Å². The van der Waals surface area contributed by atoms with Gasteiger partial charge >= 0.3 is 11.9 Å². The van der Waals surface area contributed by atoms with Crippen LogP contribution in [0.3, 0.4) is 0 Å². The number of thioether (sulfide) groups is 2. The van der Waals surface area contributed by atoms with Crippen LogP contribution in [0.1, 0.15) is 16.1 Å². The van der Waals surface area contributed by atoms with Crippen molar-refractivity contribution in [1.82, 2.24) is 34.8 Å². The minimum absolute atomic E-state index is 0.0529. The Balaban J connectivity index is 1.36. The van der Waals surface area contributed by atoms with Gasteiger partial charge in [0, 0.05) is 23.1 Å². The van der Waals surface area contributed by atoms with Gasteiger partial charge in [-0.3, -0.25) is 14.5 Å². The van der Waals surface area contributed by atoms with Crippen LogP contribution < -0.4 is 11.1 Å². The second kappa shape index (κ2) is 10.5. The molecule has 16 nitrogen and oxygen atoms in total. The summed E-state index contributed by atoms with van der Waals surface area (Å²) in [6, 6.07) is -1.02. The first-order valence-corrected chi connectivity index (χ1v) is 13.7. The average molecular weight is 592 g/mol. The monoisotopic (exact) mass is 591 g/mol. The number of fused-ring (bicyclic) bond motifs is 2. The minimum Gasteiger partial charge on any atom is -0.478 e. The Morgan fingerprint density at radius 1 is 1.31 bits per heavy atom. The largest absolute Gasteiger partial charge is 0.478 e. The number of nitrogens with one attached hydrogen (secondary N) is 1. The maximum Gasteiger partial charge on any atom is 0.352 e. The Kier molecular flexibility index (Phi) is 7.10. The first-order chi connectivity index (χ1) is 18.7. The first kappa shape index (κ1) is 26.4. The van der Waals surface area contributed by atoms with Crippen molar-refractivity contribution >= 4 is 75.2 Å². The quantitative estimate of drug-likeness (QED) is 0.0827. The Morgan fingerprint density at radius 2 is 2.10 bits per heavy atom. The van der Waals surface area contributed by atoms with Crippen molar-refractivity contribution in [3.05, 3.63) is 40.4 Å². The van der Waals surface area contributed by atoms with Gasteiger partial charge in [-0.25, -0.2) is 19.6 Å². The van der Waals surface area contributed by atoms with E-state index >= 15 is 0 Å². The number of hydrogen-bond donors (Lipinski definition) is 4. The van der Waals surface area contributed by atoms with E-state index in [2.05, 4.69) is 30.5 Å². The fourth-order valence-corrected chi connectivity index (χ4v) is 7.01. The second-order valence-corrected chi connectivity index (χ2v) is 10.8. The van der Waals surface area contributed by atoms with Gasteiger partial charge in [-0.1, -0.05) is 5.16 Å². The Morgan fingerprint density at radius 3 is 2.77 bits per heavy atom. The number of nitrogen functional groups attached to an aromatic ring is 1. The number of nitrogens with zero attached hydrogens (tertiary/aromatic N) is 7. The number of nitrogens with two attached hydrogens (primary N) is 1. The zero-order chi connectivity index (χ0) is 27.8. The van der Waals surface area contributed by atoms with E-state index in [1.165, 1.54) is 35.1 Å². The SMILES string of the molecule is CON=C(C(=O)N[C@@H]1C(=O)N2C(C(=O)O)=C(CSc3c(C(=O)O)cnc4ncnn34)CS[C@H]12)c1csc(N)n1. The Bertz CT molecular complexity index is 1580. The van der Waals surface area contributed by atoms with Gasteiger partial charge in [-0.2, -0.15) is 14.6 Å². The second-order valence-electron chi connectivity index (χ2n) is 7.85. The summed E-state index contributed by atoms with van der Waals surface area (Å²) in [6.07, 6.45) is 2.38. The summed E-state index contributed by atoms with van der Waals surface area (Å²) in [5.41, 5.74) is 5.66. The van der Waals surface area contributed by atoms with Gasteiger partial charge in [0.25, 0.3) is 17.6 Å². The van der Waals surface area contributed by atoms with Crippen LogP contribution in [-0.2, 0) is 19.2 Å². The molecule has 2 amide bonds. The number of oxime groups is 1. The van der Waals surface area contributed by atoms with Crippen molar-refractivity contribution in [2.24, 2.45) is 5.16 Å². The molecule has 5 heterocycles. The lowest BCUT2D eigenvalue weighted by Crippen LogP contribution is -2.71. The number of rotatable bonds is 9. The number of β-lactam (4-membered cyclic amide) rings is 1. The molecular weight excluding hydrogens is 574 g/mol. The highest BCUT2D eigenvalue weighted by Crippen LogP contribution is 2.42. The molecule has 2 atom stereocenters. The number of aromatic nitrogens is 5. The fraction of sp³-hybridized carbons (Fsp3) is 0.250. The van der Waals surface area contributed by atoms with Crippen LogP contribution in [0.4, 0.5) is 5.13 Å². The third kappa shape index (κ3) is 4.74. The van der Waals surface area contributed by atoms with Crippen molar-refractivity contribution in [3.8, 4) is 0 Å². The van der Waals surface area contributed by atoms with Crippen LogP contribution in [0.5, 0.6) is 0 Å². The van der Waals surface area contributed by atoms with E-state index < -0.39 is 35.2 Å². The van der Waals surface area contributed by atoms with E-state index in [1.807, 2.05) is 0 Å². The molecule has 202 valence electrons. The lowest BCUT2D eigenvalue weighted by Gasteiger charge is -2.49. The summed E-state index contributed by atoms with van der Waals surface area (Å²) in [5, 5.41) is 31.1. The fourth-order valence-electron chi connectivity index (χ4n) is 3.90. The Hall–Kier alpha value is -4.23. The number of aliphatic carboxylic acids is 1. The number of hydrogen-bond acceptors (Lipinski definition) is 14. The van der Waals surface area contributed by atoms with Crippen LogP contribution in [0.2, 0.25) is 0 Å². The minimum atomic E-state index is -1.33. The molecule has 2 aliphatic heterocycles. The predicted molar refractivity (Wildman–Crippen MR) is 138 cm³/mol. The average Bonchev–Trinajstić information content (AvgIpc) is 3.56. The van der Waals surface area contributed by atoms with Gasteiger partial charge < -0.3 is 26.1 Å². The number of carbonyl (C=O) groups excluding carboxylic acids is 2. The molecule has 0 spiro atoms. The summed E-state index contributed by atoms with van der Waals surface area (Å²) in [4.78, 5) is 67.7. The van der Waals surface area contributed by atoms with E-state index in [4.69, 9.17) is 10.6 Å². The molecule has 0 bridgehead atoms. The van der Waals surface area contributed by atoms with E-state index in [0.29, 0.717) is 5.57 Å². The van der Waals surface area contributed by atoms with Gasteiger partial charge in [0.15, 0.2) is 10.8 Å². The molecule has 19 heteroatoms. The van der Waals surface area contributed by atoms with Crippen LogP contribution >= 0.6 is 34.9 Å². The maximum absolute atomic E-state index is 13.1. The van der Waals surface area contributed by atoms with Crippen LogP contribution in [0.15, 0.2) is 39.4 Å². The zero-order valence-corrected chi connectivity index (χ0v) is 22.1. The lowest BCUT2D eigenvalue weighted by atomic mass is 10.0. The van der Waals surface area contributed by atoms with E-state index in [1.54, 1.807) is 0 Å². The molecule has 5 rings (SSSR count). The summed E-state index contributed by atoms with van der Waals surface area (Å²) < 4.78 is 1.25. The summed E-state index contributed by atoms with van der Waals surface area (Å²) >= 11 is 3.39. The number of carboxylic acids is 2. The third-order valence-electron chi connectivity index (χ3n) is 5.57. The molecule has 0 aromatic carbocycles. The molecule has 0 saturated carbocycles. The highest BCUT2D eigenvalue weighted by Gasteiger charge is 2.54. The number of anilines is 1. The molecule has 3 aromatic heterocycles. The lowest BCUT2D eigenvalue weighted by molar-refractivity contribution is -0.150. The van der Waals surface area contributed by atoms with Crippen molar-refractivity contribution in [2.75, 3.05) is 24.3 Å². The number of carbonyl (C=O) groups is 4. The normalized spacial score (nSPS) is 19.1. The van der Waals surface area contributed by atoms with Crippen molar-refractivity contribution in [1.29, 1.82) is 0 Å². The molecule has 3 aromatic rings. The maximum atomic E-state index is 13.1. The smallest absolute Gasteiger partial charge is 0.352 e. The summed E-state index contributed by atoms with van der Waals surface area (Å²) in [5.74, 6) is -3.47. The molecule has 1 fully saturated rings. The molecule has 5 N–H and O–H groups in total. The van der Waals surface area contributed by atoms with E-state index in [9.17, 15) is 29.4 Å².